The van der Waals surface area contributed by atoms with Crippen LogP contribution in [0.25, 0.3) is 0 Å². The third-order valence-electron chi connectivity index (χ3n) is 7.49. The summed E-state index contributed by atoms with van der Waals surface area (Å²) in [7, 11) is 11.3. The van der Waals surface area contributed by atoms with E-state index in [0.29, 0.717) is 0 Å². The number of hydrogen-bond acceptors (Lipinski definition) is 4. The van der Waals surface area contributed by atoms with E-state index in [9.17, 15) is 0 Å². The Morgan fingerprint density at radius 3 is 1.38 bits per heavy atom. The average molecular weight is 886 g/mol. The monoisotopic (exact) mass is 883 g/mol. The molecule has 0 unspecified atom stereocenters. The molecular formula is C38H41Br2Cl2N4Ru-. The van der Waals surface area contributed by atoms with Crippen LogP contribution in [0.4, 0.5) is 11.4 Å². The Morgan fingerprint density at radius 1 is 0.617 bits per heavy atom. The fraction of sp³-hybridized carbons (Fsp3) is 0.211. The van der Waals surface area contributed by atoms with Gasteiger partial charge in [0.1, 0.15) is 0 Å². The molecule has 2 aromatic heterocycles. The first kappa shape index (κ1) is 39.0. The predicted molar refractivity (Wildman–Crippen MR) is 207 cm³/mol. The van der Waals surface area contributed by atoms with Crippen molar-refractivity contribution >= 4 is 67.2 Å². The van der Waals surface area contributed by atoms with Crippen molar-refractivity contribution in [1.82, 2.24) is 9.97 Å². The van der Waals surface area contributed by atoms with Crippen LogP contribution in [-0.4, -0.2) is 27.7 Å². The Morgan fingerprint density at radius 2 is 1.04 bits per heavy atom. The Kier molecular flexibility index (Phi) is 16.8. The van der Waals surface area contributed by atoms with Crippen LogP contribution in [0.1, 0.15) is 38.9 Å². The van der Waals surface area contributed by atoms with Crippen LogP contribution in [0, 0.1) is 48.2 Å². The molecule has 0 bridgehead atoms. The minimum atomic E-state index is -1.61. The van der Waals surface area contributed by atoms with Crippen LogP contribution in [0.3, 0.4) is 0 Å². The molecule has 3 heterocycles. The Labute approximate surface area is 310 Å². The quantitative estimate of drug-likeness (QED) is 0.133. The molecule has 1 fully saturated rings. The molecule has 0 amide bonds. The summed E-state index contributed by atoms with van der Waals surface area (Å²) in [5.41, 5.74) is 12.1. The number of anilines is 2. The van der Waals surface area contributed by atoms with Crippen molar-refractivity contribution in [3.63, 3.8) is 0 Å². The zero-order valence-electron chi connectivity index (χ0n) is 27.5. The number of aromatic nitrogens is 2. The van der Waals surface area contributed by atoms with Crippen LogP contribution < -0.4 is 9.80 Å². The fourth-order valence-electron chi connectivity index (χ4n) is 4.89. The van der Waals surface area contributed by atoms with Gasteiger partial charge in [-0.15, -0.1) is 0 Å². The van der Waals surface area contributed by atoms with Crippen molar-refractivity contribution in [2.75, 3.05) is 22.9 Å². The van der Waals surface area contributed by atoms with Gasteiger partial charge in [0, 0.05) is 58.2 Å². The fourth-order valence-corrected chi connectivity index (χ4v) is 7.26. The van der Waals surface area contributed by atoms with Crippen molar-refractivity contribution in [1.29, 1.82) is 0 Å². The molecule has 1 aliphatic rings. The third kappa shape index (κ3) is 12.9. The number of nitrogens with zero attached hydrogens (tertiary/aromatic N) is 4. The molecule has 47 heavy (non-hydrogen) atoms. The molecule has 1 saturated heterocycles. The van der Waals surface area contributed by atoms with Crippen LogP contribution in [0.5, 0.6) is 0 Å². The van der Waals surface area contributed by atoms with Crippen LogP contribution in [0.2, 0.25) is 0 Å². The summed E-state index contributed by atoms with van der Waals surface area (Å²) in [4.78, 5) is 12.5. The van der Waals surface area contributed by atoms with E-state index in [1.807, 2.05) is 59.2 Å². The molecule has 5 aromatic rings. The zero-order chi connectivity index (χ0) is 34.3. The molecule has 6 rings (SSSR count). The van der Waals surface area contributed by atoms with Gasteiger partial charge in [0.25, 0.3) is 0 Å². The SMILES string of the molecule is Brc1cccnc1.Brc1cccnc1.Cc1ccc(C)c(N2[CH-]N(c3c(C)ccc(C)c3C)CC2)c1C.[Cl][Ru]([Cl])=[CH]c1ccccc1. The summed E-state index contributed by atoms with van der Waals surface area (Å²) in [6.07, 6.45) is 6.98. The summed E-state index contributed by atoms with van der Waals surface area (Å²) < 4.78 is 3.97. The van der Waals surface area contributed by atoms with Crippen molar-refractivity contribution < 1.29 is 13.5 Å². The van der Waals surface area contributed by atoms with E-state index >= 15 is 0 Å². The van der Waals surface area contributed by atoms with Crippen LogP contribution in [-0.2, 0) is 13.5 Å². The standard InChI is InChI=1S/C21H27N2.C7H6.2C5H4BrN.2ClH.Ru/c1-14-7-9-16(3)20(18(14)5)22-11-12-23(13-22)21-17(4)10-8-15(2)19(21)6;1-7-5-3-2-4-6-7;2*6-5-2-1-3-7-4-5;;;/h7-10,13H,11-12H2,1-6H3;1-6H;2*1-4H;2*1H;/q-1;;;;;;+2/p-2. The predicted octanol–water partition coefficient (Wildman–Crippen LogP) is 11.4. The van der Waals surface area contributed by atoms with Gasteiger partial charge in [0.15, 0.2) is 0 Å². The van der Waals surface area contributed by atoms with Gasteiger partial charge in [-0.05, 0) is 131 Å². The Bertz CT molecular complexity index is 1620. The molecule has 0 saturated carbocycles. The first-order valence-electron chi connectivity index (χ1n) is 15.0. The van der Waals surface area contributed by atoms with Crippen molar-refractivity contribution in [3.05, 3.63) is 158 Å². The maximum absolute atomic E-state index is 5.67. The van der Waals surface area contributed by atoms with Gasteiger partial charge in [-0.1, -0.05) is 24.3 Å². The van der Waals surface area contributed by atoms with Crippen LogP contribution in [0.15, 0.2) is 113 Å². The van der Waals surface area contributed by atoms with Gasteiger partial charge in [-0.25, -0.2) is 0 Å². The summed E-state index contributed by atoms with van der Waals surface area (Å²) >= 11 is 4.88. The molecule has 0 N–H and O–H groups in total. The topological polar surface area (TPSA) is 32.3 Å². The van der Waals surface area contributed by atoms with Crippen molar-refractivity contribution in [3.8, 4) is 0 Å². The van der Waals surface area contributed by atoms with E-state index in [-0.39, 0.29) is 0 Å². The second-order valence-corrected chi connectivity index (χ2v) is 18.5. The molecule has 0 radical (unpaired) electrons. The van der Waals surface area contributed by atoms with Crippen LogP contribution >= 0.6 is 51.2 Å². The van der Waals surface area contributed by atoms with Gasteiger partial charge in [-0.3, -0.25) is 9.97 Å². The molecule has 0 spiro atoms. The number of aryl methyl sites for hydroxylation is 4. The number of halogens is 4. The molecule has 4 nitrogen and oxygen atoms in total. The first-order chi connectivity index (χ1) is 22.5. The molecule has 250 valence electrons. The summed E-state index contributed by atoms with van der Waals surface area (Å²) in [5.74, 6) is 0. The molecule has 0 atom stereocenters. The van der Waals surface area contributed by atoms with Gasteiger partial charge < -0.3 is 9.80 Å². The van der Waals surface area contributed by atoms with E-state index in [1.165, 1.54) is 44.8 Å². The van der Waals surface area contributed by atoms with E-state index in [0.717, 1.165) is 27.6 Å². The van der Waals surface area contributed by atoms with Crippen molar-refractivity contribution in [2.24, 2.45) is 0 Å². The van der Waals surface area contributed by atoms with E-state index in [4.69, 9.17) is 19.4 Å². The number of benzene rings is 3. The molecule has 9 heteroatoms. The van der Waals surface area contributed by atoms with E-state index in [2.05, 4.69) is 124 Å². The van der Waals surface area contributed by atoms with E-state index in [1.54, 1.807) is 24.8 Å². The molecular weight excluding hydrogens is 844 g/mol. The normalized spacial score (nSPS) is 12.1. The molecule has 0 aliphatic carbocycles. The average Bonchev–Trinajstić information content (AvgIpc) is 3.52. The summed E-state index contributed by atoms with van der Waals surface area (Å²) in [6, 6.07) is 26.4. The minimum absolute atomic E-state index is 1.02. The molecule has 1 aliphatic heterocycles. The van der Waals surface area contributed by atoms with E-state index < -0.39 is 13.5 Å². The Balaban J connectivity index is 0.000000204. The van der Waals surface area contributed by atoms with Crippen molar-refractivity contribution in [2.45, 2.75) is 41.5 Å². The first-order valence-corrected chi connectivity index (χ1v) is 22.1. The number of pyridine rings is 2. The second-order valence-electron chi connectivity index (χ2n) is 10.9. The second kappa shape index (κ2) is 20.2. The summed E-state index contributed by atoms with van der Waals surface area (Å²) in [5, 5.41) is 0. The zero-order valence-corrected chi connectivity index (χ0v) is 34.0. The number of rotatable bonds is 3. The Hall–Kier alpha value is -2.41. The summed E-state index contributed by atoms with van der Waals surface area (Å²) in [6.45, 7) is 17.7. The maximum atomic E-state index is 5.67. The molecule has 3 aromatic carbocycles. The van der Waals surface area contributed by atoms with Gasteiger partial charge in [-0.2, -0.15) is 6.67 Å². The van der Waals surface area contributed by atoms with Gasteiger partial charge in [0.2, 0.25) is 0 Å². The third-order valence-corrected chi connectivity index (χ3v) is 10.3. The van der Waals surface area contributed by atoms with Gasteiger partial charge >= 0.3 is 73.4 Å². The van der Waals surface area contributed by atoms with Gasteiger partial charge in [0.05, 0.1) is 0 Å². The number of hydrogen-bond donors (Lipinski definition) is 0.